The van der Waals surface area contributed by atoms with Crippen LogP contribution in [0.25, 0.3) is 0 Å². The predicted octanol–water partition coefficient (Wildman–Crippen LogP) is -2.06. The first-order valence-electron chi connectivity index (χ1n) is 1.24. The third-order valence-electron chi connectivity index (χ3n) is 0.246. The van der Waals surface area contributed by atoms with Crippen molar-refractivity contribution in [2.75, 3.05) is 0 Å². The molecule has 0 aromatic carbocycles. The molecule has 0 heterocycles. The number of amides is 2. The van der Waals surface area contributed by atoms with Crippen molar-refractivity contribution >= 4 is 16.4 Å². The summed E-state index contributed by atoms with van der Waals surface area (Å²) in [6.07, 6.45) is 0. The second-order valence-electron chi connectivity index (χ2n) is 0.614. The van der Waals surface area contributed by atoms with Crippen molar-refractivity contribution in [3.8, 4) is 0 Å². The molecule has 0 radical (unpaired) electrons. The highest BCUT2D eigenvalue weighted by Crippen LogP contribution is 1.37. The molecule has 0 aromatic rings. The fourth-order valence-corrected chi connectivity index (χ4v) is 0. The van der Waals surface area contributed by atoms with E-state index in [-0.39, 0.29) is 0 Å². The summed E-state index contributed by atoms with van der Waals surface area (Å²) < 4.78 is 0. The largest absolute Gasteiger partial charge is 0.373 e. The van der Waals surface area contributed by atoms with Crippen LogP contribution in [-0.2, 0) is 0 Å². The zero-order chi connectivity index (χ0) is 4.28. The molecule has 0 rings (SSSR count). The predicted molar refractivity (Wildman–Crippen MR) is 22.7 cm³/mol. The first kappa shape index (κ1) is 4.49. The van der Waals surface area contributed by atoms with Crippen LogP contribution < -0.4 is 10.7 Å². The zero-order valence-electron chi connectivity index (χ0n) is 2.99. The van der Waals surface area contributed by atoms with Gasteiger partial charge >= 0.3 is 6.03 Å². The fraction of sp³-hybridized carbons (Fsp3) is 0. The summed E-state index contributed by atoms with van der Waals surface area (Å²) in [6, 6.07) is -0.434. The average molecular weight is 90.2 g/mol. The number of nitrogens with one attached hydrogen (secondary N) is 1. The number of hydrogen-bond donors (Lipinski definition) is 2. The monoisotopic (exact) mass is 90.0 g/mol. The lowest BCUT2D eigenvalue weighted by atomic mass is 11.2. The van der Waals surface area contributed by atoms with Gasteiger partial charge in [0.25, 0.3) is 0 Å². The van der Waals surface area contributed by atoms with Crippen LogP contribution in [0.1, 0.15) is 0 Å². The highest BCUT2D eigenvalue weighted by molar-refractivity contribution is 6.13. The second kappa shape index (κ2) is 1.77. The van der Waals surface area contributed by atoms with E-state index in [0.29, 0.717) is 10.4 Å². The fourth-order valence-electron chi connectivity index (χ4n) is 0. The molecule has 0 fully saturated rings. The quantitative estimate of drug-likeness (QED) is 0.330. The molecule has 5 heavy (non-hydrogen) atoms. The Balaban J connectivity index is 2.85. The van der Waals surface area contributed by atoms with E-state index in [9.17, 15) is 4.79 Å². The van der Waals surface area contributed by atoms with E-state index in [4.69, 9.17) is 0 Å². The summed E-state index contributed by atoms with van der Waals surface area (Å²) in [5.41, 5.74) is 4.58. The molecule has 0 bridgehead atoms. The molecule has 0 aliphatic carbocycles. The van der Waals surface area contributed by atoms with E-state index in [1.54, 1.807) is 0 Å². The molecule has 30 valence electrons. The van der Waals surface area contributed by atoms with Crippen molar-refractivity contribution < 1.29 is 4.79 Å². The molecule has 2 amide bonds. The van der Waals surface area contributed by atoms with Crippen LogP contribution >= 0.6 is 0 Å². The van der Waals surface area contributed by atoms with Gasteiger partial charge in [-0.3, -0.25) is 4.79 Å². The molecule has 0 aliphatic heterocycles. The van der Waals surface area contributed by atoms with Crippen molar-refractivity contribution in [1.82, 2.24) is 4.98 Å². The minimum absolute atomic E-state index is 0.434. The highest BCUT2D eigenvalue weighted by atomic mass is 28.2. The first-order valence-corrected chi connectivity index (χ1v) is 2.24. The van der Waals surface area contributed by atoms with E-state index >= 15 is 0 Å². The number of carbonyl (C=O) groups is 1. The number of rotatable bonds is 0. The Kier molecular flexibility index (Phi) is 1.59. The van der Waals surface area contributed by atoms with Crippen molar-refractivity contribution in [2.45, 2.75) is 0 Å². The van der Waals surface area contributed by atoms with Crippen LogP contribution in [0, 0.1) is 0 Å². The van der Waals surface area contributed by atoms with E-state index in [1.807, 2.05) is 0 Å². The van der Waals surface area contributed by atoms with Gasteiger partial charge in [0, 0.05) is 0 Å². The van der Waals surface area contributed by atoms with E-state index < -0.39 is 6.03 Å². The molecule has 0 saturated carbocycles. The Morgan fingerprint density at radius 3 is 2.20 bits per heavy atom. The molecule has 3 N–H and O–H groups in total. The first-order chi connectivity index (χ1) is 2.27. The Morgan fingerprint density at radius 1 is 2.00 bits per heavy atom. The van der Waals surface area contributed by atoms with Gasteiger partial charge in [-0.1, -0.05) is 0 Å². The molecule has 0 spiro atoms. The van der Waals surface area contributed by atoms with Crippen molar-refractivity contribution in [3.63, 3.8) is 0 Å². The molecule has 3 nitrogen and oxygen atoms in total. The van der Waals surface area contributed by atoms with Gasteiger partial charge in [0.15, 0.2) is 0 Å². The molecular weight excluding hydrogens is 84.1 g/mol. The number of nitrogens with two attached hydrogens (primary N) is 1. The Labute approximate surface area is 33.0 Å². The van der Waals surface area contributed by atoms with Gasteiger partial charge in [-0.2, -0.15) is 0 Å². The average Bonchev–Trinajstić information content (AvgIpc) is 1.38. The Bertz CT molecular complexity index is 44.9. The third kappa shape index (κ3) is 3.49. The lowest BCUT2D eigenvalue weighted by Gasteiger charge is -1.80. The summed E-state index contributed by atoms with van der Waals surface area (Å²) in [7, 11) is 0.649. The van der Waals surface area contributed by atoms with Gasteiger partial charge in [-0.05, 0) is 0 Å². The van der Waals surface area contributed by atoms with Crippen LogP contribution in [0.2, 0.25) is 0 Å². The number of urea groups is 1. The number of hydrogen-bond acceptors (Lipinski definition) is 1. The van der Waals surface area contributed by atoms with E-state index in [1.165, 1.54) is 0 Å². The van der Waals surface area contributed by atoms with Crippen LogP contribution in [0.4, 0.5) is 4.79 Å². The zero-order valence-corrected chi connectivity index (χ0v) is 4.99. The normalized spacial score (nSPS) is 7.20. The maximum Gasteiger partial charge on any atom is 0.303 e. The smallest absolute Gasteiger partial charge is 0.303 e. The Hall–Kier alpha value is -0.513. The van der Waals surface area contributed by atoms with Crippen molar-refractivity contribution in [2.24, 2.45) is 5.73 Å². The Morgan fingerprint density at radius 2 is 2.20 bits per heavy atom. The lowest BCUT2D eigenvalue weighted by Crippen LogP contribution is -2.26. The molecule has 4 heteroatoms. The second-order valence-corrected chi connectivity index (χ2v) is 1.11. The van der Waals surface area contributed by atoms with Crippen LogP contribution in [0.5, 0.6) is 0 Å². The van der Waals surface area contributed by atoms with Gasteiger partial charge in [-0.15, -0.1) is 0 Å². The molecular formula is CH6N2OSi. The maximum absolute atomic E-state index is 9.51. The van der Waals surface area contributed by atoms with E-state index in [0.717, 1.165) is 0 Å². The van der Waals surface area contributed by atoms with Gasteiger partial charge in [0.1, 0.15) is 10.4 Å². The summed E-state index contributed by atoms with van der Waals surface area (Å²) in [5.74, 6) is 0. The molecule has 0 unspecified atom stereocenters. The van der Waals surface area contributed by atoms with Gasteiger partial charge < -0.3 is 10.7 Å². The molecule has 0 aliphatic rings. The number of primary amides is 1. The summed E-state index contributed by atoms with van der Waals surface area (Å²) in [6.45, 7) is 0. The van der Waals surface area contributed by atoms with Crippen molar-refractivity contribution in [1.29, 1.82) is 0 Å². The van der Waals surface area contributed by atoms with Gasteiger partial charge in [-0.25, -0.2) is 0 Å². The lowest BCUT2D eigenvalue weighted by molar-refractivity contribution is 0.254. The summed E-state index contributed by atoms with van der Waals surface area (Å²) >= 11 is 0. The summed E-state index contributed by atoms with van der Waals surface area (Å²) in [5, 5.41) is 0. The van der Waals surface area contributed by atoms with Gasteiger partial charge in [0.2, 0.25) is 0 Å². The molecule has 0 aromatic heterocycles. The minimum atomic E-state index is -0.434. The topological polar surface area (TPSA) is 55.1 Å². The third-order valence-corrected chi connectivity index (χ3v) is 0.739. The standard InChI is InChI=1S/CH6N2OSi/c2-1(4)3-5/h5H3,(H3,2,3,4). The van der Waals surface area contributed by atoms with Crippen LogP contribution in [0.15, 0.2) is 0 Å². The SMILES string of the molecule is NC(=O)N[SiH3]. The molecule has 0 saturated heterocycles. The highest BCUT2D eigenvalue weighted by Gasteiger charge is 1.72. The summed E-state index contributed by atoms with van der Waals surface area (Å²) in [4.78, 5) is 11.8. The van der Waals surface area contributed by atoms with Crippen molar-refractivity contribution in [3.05, 3.63) is 0 Å². The number of carbonyl (C=O) groups excluding carboxylic acids is 1. The van der Waals surface area contributed by atoms with Gasteiger partial charge in [0.05, 0.1) is 0 Å². The van der Waals surface area contributed by atoms with Crippen LogP contribution in [0.3, 0.4) is 0 Å². The van der Waals surface area contributed by atoms with Crippen LogP contribution in [-0.4, -0.2) is 16.4 Å². The minimum Gasteiger partial charge on any atom is -0.373 e. The molecule has 0 atom stereocenters. The maximum atomic E-state index is 9.51. The van der Waals surface area contributed by atoms with E-state index in [2.05, 4.69) is 10.7 Å².